The van der Waals surface area contributed by atoms with Crippen molar-refractivity contribution in [1.82, 2.24) is 15.1 Å². The fourth-order valence-corrected chi connectivity index (χ4v) is 9.73. The quantitative estimate of drug-likeness (QED) is 0.0491. The van der Waals surface area contributed by atoms with Gasteiger partial charge in [0.05, 0.1) is 25.3 Å². The molecule has 1 aromatic heterocycles. The van der Waals surface area contributed by atoms with E-state index >= 15 is 0 Å². The molecule has 0 spiro atoms. The maximum atomic E-state index is 13.6. The number of ether oxygens (including phenoxy) is 2. The Bertz CT molecular complexity index is 1430. The Kier molecular flexibility index (Phi) is 33.2. The van der Waals surface area contributed by atoms with Gasteiger partial charge in [0.15, 0.2) is 0 Å². The molecule has 12 heteroatoms. The second-order valence-electron chi connectivity index (χ2n) is 18.6. The van der Waals surface area contributed by atoms with Crippen molar-refractivity contribution in [3.8, 4) is 0 Å². The van der Waals surface area contributed by atoms with E-state index in [2.05, 4.69) is 31.4 Å². The van der Waals surface area contributed by atoms with Gasteiger partial charge >= 0.3 is 11.9 Å². The van der Waals surface area contributed by atoms with Crippen LogP contribution in [0, 0.1) is 5.92 Å². The second kappa shape index (κ2) is 37.1. The summed E-state index contributed by atoms with van der Waals surface area (Å²) in [7, 11) is 3.91. The van der Waals surface area contributed by atoms with E-state index < -0.39 is 0 Å². The number of carbonyl (C=O) groups is 5. The lowest BCUT2D eigenvalue weighted by Crippen LogP contribution is -2.36. The molecule has 1 aliphatic heterocycles. The molecule has 0 aliphatic carbocycles. The van der Waals surface area contributed by atoms with Crippen LogP contribution in [0.2, 0.25) is 0 Å². The average molecular weight is 917 g/mol. The molecule has 0 saturated carbocycles. The van der Waals surface area contributed by atoms with Gasteiger partial charge in [0.2, 0.25) is 11.8 Å². The number of fused-ring (bicyclic) bond motifs is 1. The van der Waals surface area contributed by atoms with Crippen LogP contribution in [-0.2, 0) is 41.6 Å². The Morgan fingerprint density at radius 3 is 1.77 bits per heavy atom. The number of esters is 2. The zero-order chi connectivity index (χ0) is 46.6. The minimum absolute atomic E-state index is 0.0331. The first-order valence-electron chi connectivity index (χ1n) is 26.1. The van der Waals surface area contributed by atoms with E-state index in [-0.39, 0.29) is 29.7 Å². The molecule has 1 aromatic rings. The Morgan fingerprint density at radius 2 is 1.16 bits per heavy atom. The van der Waals surface area contributed by atoms with Gasteiger partial charge in [0.1, 0.15) is 5.00 Å². The van der Waals surface area contributed by atoms with Crippen molar-refractivity contribution in [1.29, 1.82) is 0 Å². The van der Waals surface area contributed by atoms with E-state index in [9.17, 15) is 24.0 Å². The van der Waals surface area contributed by atoms with Crippen molar-refractivity contribution in [3.05, 3.63) is 16.0 Å². The van der Waals surface area contributed by atoms with Gasteiger partial charge in [-0.25, -0.2) is 0 Å². The highest BCUT2D eigenvalue weighted by molar-refractivity contribution is 7.17. The molecule has 0 saturated heterocycles. The highest BCUT2D eigenvalue weighted by atomic mass is 32.1. The first-order valence-corrected chi connectivity index (χ1v) is 26.9. The molecule has 3 amide bonds. The first-order chi connectivity index (χ1) is 31.1. The molecule has 1 unspecified atom stereocenters. The van der Waals surface area contributed by atoms with E-state index in [1.165, 1.54) is 120 Å². The SMILES string of the molecule is CCCCCCCCCCCOC(=O)CCCCC(=O)N1CCc2c(sc(NC(=O)CCCCCOC(=O)CC(CCCCCC)CCCCCCCC)c2C(=O)NCCN(C)C)C1. The van der Waals surface area contributed by atoms with Crippen molar-refractivity contribution in [3.63, 3.8) is 0 Å². The molecule has 64 heavy (non-hydrogen) atoms. The predicted molar refractivity (Wildman–Crippen MR) is 264 cm³/mol. The van der Waals surface area contributed by atoms with E-state index in [4.69, 9.17) is 9.47 Å². The van der Waals surface area contributed by atoms with Gasteiger partial charge in [-0.05, 0) is 83.4 Å². The third kappa shape index (κ3) is 26.8. The summed E-state index contributed by atoms with van der Waals surface area (Å²) < 4.78 is 11.1. The van der Waals surface area contributed by atoms with E-state index in [0.29, 0.717) is 114 Å². The van der Waals surface area contributed by atoms with E-state index in [1.807, 2.05) is 23.9 Å². The summed E-state index contributed by atoms with van der Waals surface area (Å²) in [5.74, 6) is -0.219. The summed E-state index contributed by atoms with van der Waals surface area (Å²) in [4.78, 5) is 69.9. The Hall–Kier alpha value is -2.99. The fraction of sp³-hybridized carbons (Fsp3) is 0.827. The highest BCUT2D eigenvalue weighted by Gasteiger charge is 2.30. The van der Waals surface area contributed by atoms with Crippen LogP contribution >= 0.6 is 11.3 Å². The minimum Gasteiger partial charge on any atom is -0.466 e. The lowest BCUT2D eigenvalue weighted by Gasteiger charge is -2.27. The summed E-state index contributed by atoms with van der Waals surface area (Å²) in [5.41, 5.74) is 1.41. The zero-order valence-electron chi connectivity index (χ0n) is 41.4. The largest absolute Gasteiger partial charge is 0.466 e. The number of nitrogens with one attached hydrogen (secondary N) is 2. The van der Waals surface area contributed by atoms with Crippen LogP contribution in [0.3, 0.4) is 0 Å². The van der Waals surface area contributed by atoms with E-state index in [1.54, 1.807) is 0 Å². The van der Waals surface area contributed by atoms with Gasteiger partial charge in [0.25, 0.3) is 5.91 Å². The van der Waals surface area contributed by atoms with E-state index in [0.717, 1.165) is 42.5 Å². The molecular formula is C52H92N4O7S. The molecule has 2 N–H and O–H groups in total. The normalized spacial score (nSPS) is 12.9. The number of anilines is 1. The standard InChI is InChI=1S/C52H92N4O7S/c1-6-9-12-15-17-18-19-21-28-39-62-48(59)34-27-26-33-47(58)56-37-35-44-45(42-56)64-52(50(44)51(61)53-36-38-55(4)5)54-46(57)32-25-22-29-40-63-49(60)41-43(30-23-14-11-8-3)31-24-20-16-13-10-7-2/h43H,6-42H2,1-5H3,(H,53,61)(H,54,57). The van der Waals surface area contributed by atoms with Gasteiger partial charge < -0.3 is 29.9 Å². The number of unbranched alkanes of at least 4 members (excludes halogenated alkanes) is 19. The molecule has 1 atom stereocenters. The van der Waals surface area contributed by atoms with Crippen LogP contribution in [-0.4, -0.2) is 86.4 Å². The van der Waals surface area contributed by atoms with Crippen LogP contribution in [0.15, 0.2) is 0 Å². The van der Waals surface area contributed by atoms with Crippen molar-refractivity contribution in [2.24, 2.45) is 5.92 Å². The van der Waals surface area contributed by atoms with Gasteiger partial charge in [-0.15, -0.1) is 11.3 Å². The molecule has 0 fully saturated rings. The first kappa shape index (κ1) is 57.1. The van der Waals surface area contributed by atoms with Gasteiger partial charge in [-0.1, -0.05) is 136 Å². The molecule has 0 radical (unpaired) electrons. The Morgan fingerprint density at radius 1 is 0.641 bits per heavy atom. The van der Waals surface area contributed by atoms with Crippen LogP contribution in [0.1, 0.15) is 234 Å². The molecule has 1 aliphatic rings. The third-order valence-electron chi connectivity index (χ3n) is 12.5. The molecule has 0 bridgehead atoms. The summed E-state index contributed by atoms with van der Waals surface area (Å²) in [6, 6.07) is 0. The maximum absolute atomic E-state index is 13.6. The lowest BCUT2D eigenvalue weighted by molar-refractivity contribution is -0.145. The zero-order valence-corrected chi connectivity index (χ0v) is 42.2. The van der Waals surface area contributed by atoms with Gasteiger partial charge in [0, 0.05) is 50.2 Å². The summed E-state index contributed by atoms with van der Waals surface area (Å²) in [5, 5.41) is 6.60. The number of thiophene rings is 1. The number of carbonyl (C=O) groups excluding carboxylic acids is 5. The van der Waals surface area contributed by atoms with Crippen LogP contribution < -0.4 is 10.6 Å². The Labute approximate surface area is 393 Å². The molecule has 368 valence electrons. The molecular weight excluding hydrogens is 825 g/mol. The van der Waals surface area contributed by atoms with Gasteiger partial charge in [-0.3, -0.25) is 24.0 Å². The van der Waals surface area contributed by atoms with Crippen molar-refractivity contribution in [2.45, 2.75) is 226 Å². The summed E-state index contributed by atoms with van der Waals surface area (Å²) in [6.07, 6.45) is 31.0. The molecule has 2 rings (SSSR count). The van der Waals surface area contributed by atoms with Crippen LogP contribution in [0.25, 0.3) is 0 Å². The number of hydrogen-bond donors (Lipinski definition) is 2. The van der Waals surface area contributed by atoms with Crippen LogP contribution in [0.5, 0.6) is 0 Å². The number of nitrogens with zero attached hydrogens (tertiary/aromatic N) is 2. The van der Waals surface area contributed by atoms with Gasteiger partial charge in [-0.2, -0.15) is 0 Å². The average Bonchev–Trinajstić information content (AvgIpc) is 3.63. The van der Waals surface area contributed by atoms with Crippen molar-refractivity contribution in [2.75, 3.05) is 52.3 Å². The summed E-state index contributed by atoms with van der Waals surface area (Å²) >= 11 is 1.38. The number of hydrogen-bond acceptors (Lipinski definition) is 9. The smallest absolute Gasteiger partial charge is 0.306 e. The highest BCUT2D eigenvalue weighted by Crippen LogP contribution is 2.37. The van der Waals surface area contributed by atoms with Crippen molar-refractivity contribution >= 4 is 46.0 Å². The number of likely N-dealkylation sites (N-methyl/N-ethyl adjacent to an activating group) is 1. The third-order valence-corrected chi connectivity index (χ3v) is 13.6. The molecule has 2 heterocycles. The Balaban J connectivity index is 1.79. The number of amides is 3. The molecule has 0 aromatic carbocycles. The van der Waals surface area contributed by atoms with Crippen molar-refractivity contribution < 1.29 is 33.4 Å². The lowest BCUT2D eigenvalue weighted by atomic mass is 9.91. The minimum atomic E-state index is -0.212. The number of rotatable bonds is 40. The monoisotopic (exact) mass is 917 g/mol. The maximum Gasteiger partial charge on any atom is 0.306 e. The topological polar surface area (TPSA) is 134 Å². The predicted octanol–water partition coefficient (Wildman–Crippen LogP) is 12.3. The molecule has 11 nitrogen and oxygen atoms in total. The fourth-order valence-electron chi connectivity index (χ4n) is 8.46. The second-order valence-corrected chi connectivity index (χ2v) is 19.7. The summed E-state index contributed by atoms with van der Waals surface area (Å²) in [6.45, 7) is 9.60. The van der Waals surface area contributed by atoms with Crippen LogP contribution in [0.4, 0.5) is 5.00 Å².